The summed E-state index contributed by atoms with van der Waals surface area (Å²) >= 11 is 0. The van der Waals surface area contributed by atoms with Gasteiger partial charge in [-0.1, -0.05) is 84.9 Å². The molecule has 0 spiro atoms. The lowest BCUT2D eigenvalue weighted by molar-refractivity contribution is -0.144. The van der Waals surface area contributed by atoms with Gasteiger partial charge in [0.25, 0.3) is 0 Å². The Morgan fingerprint density at radius 2 is 0.924 bits per heavy atom. The number of benzene rings is 6. The number of esters is 2. The first kappa shape index (κ1) is 61.2. The summed E-state index contributed by atoms with van der Waals surface area (Å²) in [6.07, 6.45) is 0.464. The molecule has 0 fully saturated rings. The smallest absolute Gasteiger partial charge is 0.410 e. The van der Waals surface area contributed by atoms with E-state index in [-0.39, 0.29) is 55.3 Å². The van der Waals surface area contributed by atoms with Gasteiger partial charge in [-0.3, -0.25) is 19.2 Å². The minimum Gasteiger partial charge on any atom is -0.466 e. The maximum absolute atomic E-state index is 12.9. The number of methoxy groups -OCH3 is 2. The van der Waals surface area contributed by atoms with E-state index in [4.69, 9.17) is 28.4 Å². The van der Waals surface area contributed by atoms with Gasteiger partial charge < -0.3 is 48.0 Å². The van der Waals surface area contributed by atoms with Crippen LogP contribution in [0.3, 0.4) is 0 Å². The summed E-state index contributed by atoms with van der Waals surface area (Å²) in [4.78, 5) is 80.6. The molecule has 6 aromatic rings. The molecule has 0 heterocycles. The molecule has 16 nitrogen and oxygen atoms in total. The van der Waals surface area contributed by atoms with E-state index in [1.807, 2.05) is 111 Å². The molecule has 79 heavy (non-hydrogen) atoms. The zero-order valence-electron chi connectivity index (χ0n) is 47.2. The second kappa shape index (κ2) is 30.3. The summed E-state index contributed by atoms with van der Waals surface area (Å²) < 4.78 is 33.1. The summed E-state index contributed by atoms with van der Waals surface area (Å²) in [5.41, 5.74) is 6.44. The Morgan fingerprint density at radius 3 is 1.35 bits per heavy atom. The van der Waals surface area contributed by atoms with Crippen LogP contribution in [0.2, 0.25) is 0 Å². The fraction of sp³-hybridized carbons (Fsp3) is 0.333. The highest BCUT2D eigenvalue weighted by molar-refractivity contribution is 5.91. The highest BCUT2D eigenvalue weighted by Crippen LogP contribution is 2.34. The Kier molecular flexibility index (Phi) is 23.5. The molecule has 418 valence electrons. The Balaban J connectivity index is 0.000000291. The van der Waals surface area contributed by atoms with Gasteiger partial charge in [-0.2, -0.15) is 0 Å². The minimum atomic E-state index is -0.468. The predicted octanol–water partition coefficient (Wildman–Crippen LogP) is 12.1. The van der Waals surface area contributed by atoms with Crippen molar-refractivity contribution in [2.75, 3.05) is 51.3 Å². The summed E-state index contributed by atoms with van der Waals surface area (Å²) in [6.45, 7) is 13.3. The number of hydrogen-bond acceptors (Lipinski definition) is 12. The molecule has 0 aliphatic rings. The van der Waals surface area contributed by atoms with Crippen LogP contribution in [0.4, 0.5) is 21.0 Å². The number of hydrogen-bond donors (Lipinski definition) is 0. The summed E-state index contributed by atoms with van der Waals surface area (Å²) in [6, 6.07) is 44.8. The van der Waals surface area contributed by atoms with E-state index in [2.05, 4.69) is 0 Å². The highest BCUT2D eigenvalue weighted by Gasteiger charge is 2.26. The number of anilines is 2. The van der Waals surface area contributed by atoms with Crippen molar-refractivity contribution in [1.82, 2.24) is 9.80 Å². The van der Waals surface area contributed by atoms with Crippen LogP contribution in [0.1, 0.15) is 87.8 Å². The van der Waals surface area contributed by atoms with Crippen molar-refractivity contribution < 1.29 is 57.2 Å². The Labute approximate surface area is 464 Å². The van der Waals surface area contributed by atoms with Crippen molar-refractivity contribution in [3.63, 3.8) is 0 Å². The van der Waals surface area contributed by atoms with Crippen LogP contribution in [-0.4, -0.2) is 99.4 Å². The van der Waals surface area contributed by atoms with Crippen molar-refractivity contribution >= 4 is 47.3 Å². The molecule has 3 atom stereocenters. The topological polar surface area (TPSA) is 171 Å². The molecule has 0 N–H and O–H groups in total. The van der Waals surface area contributed by atoms with Crippen molar-refractivity contribution in [2.45, 2.75) is 98.8 Å². The molecule has 4 amide bonds. The van der Waals surface area contributed by atoms with Gasteiger partial charge in [0.05, 0.1) is 52.9 Å². The van der Waals surface area contributed by atoms with Crippen LogP contribution in [0.25, 0.3) is 0 Å². The predicted molar refractivity (Wildman–Crippen MR) is 305 cm³/mol. The number of nitrogens with zero attached hydrogens (tertiary/aromatic N) is 4. The minimum absolute atomic E-state index is 0.122. The number of carbonyl (C=O) groups excluding carboxylic acids is 6. The van der Waals surface area contributed by atoms with E-state index in [9.17, 15) is 28.8 Å². The quantitative estimate of drug-likeness (QED) is 0.0466. The van der Waals surface area contributed by atoms with E-state index in [1.165, 1.54) is 37.9 Å². The van der Waals surface area contributed by atoms with Crippen LogP contribution >= 0.6 is 0 Å². The highest BCUT2D eigenvalue weighted by atomic mass is 16.6. The van der Waals surface area contributed by atoms with Crippen LogP contribution in [0.15, 0.2) is 146 Å². The van der Waals surface area contributed by atoms with Gasteiger partial charge in [0.1, 0.15) is 23.0 Å². The molecule has 0 aromatic heterocycles. The van der Waals surface area contributed by atoms with E-state index in [0.29, 0.717) is 71.6 Å². The molecular weight excluding hydrogens is 1000 g/mol. The normalized spacial score (nSPS) is 11.7. The molecule has 0 bridgehead atoms. The van der Waals surface area contributed by atoms with Gasteiger partial charge >= 0.3 is 24.1 Å². The number of ether oxygens (including phenoxy) is 6. The molecule has 0 radical (unpaired) electrons. The van der Waals surface area contributed by atoms with Gasteiger partial charge in [-0.05, 0) is 130 Å². The molecule has 0 saturated heterocycles. The van der Waals surface area contributed by atoms with Crippen LogP contribution in [0, 0.1) is 0 Å². The lowest BCUT2D eigenvalue weighted by Crippen LogP contribution is -2.39. The fourth-order valence-electron chi connectivity index (χ4n) is 8.49. The maximum Gasteiger partial charge on any atom is 0.410 e. The summed E-state index contributed by atoms with van der Waals surface area (Å²) in [5.74, 6) is 0.782. The lowest BCUT2D eigenvalue weighted by Gasteiger charge is -2.29. The molecule has 6 aromatic carbocycles. The molecule has 1 unspecified atom stereocenters. The third-order valence-corrected chi connectivity index (χ3v) is 13.1. The first-order valence-corrected chi connectivity index (χ1v) is 26.2. The van der Waals surface area contributed by atoms with E-state index < -0.39 is 18.1 Å². The Morgan fingerprint density at radius 1 is 0.494 bits per heavy atom. The monoisotopic (exact) mass is 1080 g/mol. The van der Waals surface area contributed by atoms with Gasteiger partial charge in [0, 0.05) is 62.5 Å². The van der Waals surface area contributed by atoms with E-state index in [0.717, 1.165) is 22.3 Å². The molecule has 0 aliphatic heterocycles. The first-order chi connectivity index (χ1) is 37.8. The zero-order valence-corrected chi connectivity index (χ0v) is 47.2. The van der Waals surface area contributed by atoms with Gasteiger partial charge in [-0.15, -0.1) is 0 Å². The number of rotatable bonds is 22. The summed E-state index contributed by atoms with van der Waals surface area (Å²) in [7, 11) is 6.10. The average Bonchev–Trinajstić information content (AvgIpc) is 3.45. The standard InChI is InChI=1S/C32H38N2O6.C31H36N2O6/c1-7-39-31(36)23(3)26-14-11-15-29(20-26)40-30-17-16-28(33(5)24(4)35)19-27(30)21-34(32(37)38-6)22(2)18-25-12-9-8-10-13-25;1-6-38-30(35)19-25-13-10-14-28(18-25)39-29-16-15-27(32(4)23(3)34)20-26(29)21-33(31(36)37-5)22(2)17-24-11-8-7-9-12-24/h8-17,19-20,22-23H,7,18,21H2,1-6H3;7-16,18,20,22H,6,17,19,21H2,1-5H3/t22-,23?;22-/m00/s1. The lowest BCUT2D eigenvalue weighted by atomic mass is 10.0. The van der Waals surface area contributed by atoms with Gasteiger partial charge in [-0.25, -0.2) is 9.59 Å². The second-order valence-electron chi connectivity index (χ2n) is 18.9. The molecule has 16 heteroatoms. The van der Waals surface area contributed by atoms with Crippen molar-refractivity contribution in [1.29, 1.82) is 0 Å². The molecule has 0 aliphatic carbocycles. The van der Waals surface area contributed by atoms with Gasteiger partial charge in [0.15, 0.2) is 0 Å². The van der Waals surface area contributed by atoms with Crippen molar-refractivity contribution in [3.05, 3.63) is 179 Å². The van der Waals surface area contributed by atoms with Crippen molar-refractivity contribution in [3.8, 4) is 23.0 Å². The fourth-order valence-corrected chi connectivity index (χ4v) is 8.49. The number of carbonyl (C=O) groups is 6. The molecular formula is C63H74N4O12. The maximum atomic E-state index is 12.9. The zero-order chi connectivity index (χ0) is 57.6. The Bertz CT molecular complexity index is 2990. The summed E-state index contributed by atoms with van der Waals surface area (Å²) in [5, 5.41) is 0. The molecule has 0 saturated carbocycles. The van der Waals surface area contributed by atoms with Crippen LogP contribution < -0.4 is 19.3 Å². The van der Waals surface area contributed by atoms with Crippen molar-refractivity contribution in [2.24, 2.45) is 0 Å². The first-order valence-electron chi connectivity index (χ1n) is 26.2. The second-order valence-corrected chi connectivity index (χ2v) is 18.9. The van der Waals surface area contributed by atoms with E-state index >= 15 is 0 Å². The van der Waals surface area contributed by atoms with Gasteiger partial charge in [0.2, 0.25) is 11.8 Å². The third-order valence-electron chi connectivity index (χ3n) is 13.1. The molecule has 6 rings (SSSR count). The SMILES string of the molecule is CCOC(=O)C(C)c1cccc(Oc2ccc(N(C)C(C)=O)cc2CN(C(=O)OC)[C@@H](C)Cc2ccccc2)c1.CCOC(=O)Cc1cccc(Oc2ccc(N(C)C(C)=O)cc2CN(C(=O)OC)[C@@H](C)Cc2ccccc2)c1. The number of amides is 4. The van der Waals surface area contributed by atoms with Crippen LogP contribution in [-0.2, 0) is 70.5 Å². The van der Waals surface area contributed by atoms with Crippen LogP contribution in [0.5, 0.6) is 23.0 Å². The average molecular weight is 1080 g/mol. The Hall–Kier alpha value is -8.66. The third kappa shape index (κ3) is 18.2. The largest absolute Gasteiger partial charge is 0.466 e. The van der Waals surface area contributed by atoms with E-state index in [1.54, 1.807) is 93.2 Å².